The third-order valence-electron chi connectivity index (χ3n) is 2.87. The third kappa shape index (κ3) is 2.66. The summed E-state index contributed by atoms with van der Waals surface area (Å²) in [6, 6.07) is -0.459. The van der Waals surface area contributed by atoms with Gasteiger partial charge < -0.3 is 5.73 Å². The molecule has 0 aliphatic carbocycles. The van der Waals surface area contributed by atoms with Crippen LogP contribution >= 0.6 is 0 Å². The van der Waals surface area contributed by atoms with Crippen molar-refractivity contribution in [3.63, 3.8) is 0 Å². The summed E-state index contributed by atoms with van der Waals surface area (Å²) >= 11 is 0. The number of ketones is 1. The van der Waals surface area contributed by atoms with Crippen molar-refractivity contribution in [3.05, 3.63) is 11.9 Å². The molecule has 0 saturated heterocycles. The maximum absolute atomic E-state index is 12.1. The number of hydrogen-bond acceptors (Lipinski definition) is 4. The van der Waals surface area contributed by atoms with E-state index in [-0.39, 0.29) is 11.7 Å². The Morgan fingerprint density at radius 3 is 2.81 bits per heavy atom. The lowest BCUT2D eigenvalue weighted by Gasteiger charge is -2.16. The number of aromatic nitrogens is 3. The number of hydrogen-bond donors (Lipinski definition) is 1. The van der Waals surface area contributed by atoms with E-state index in [4.69, 9.17) is 5.73 Å². The number of aryl methyl sites for hydroxylation is 1. The van der Waals surface area contributed by atoms with Crippen LogP contribution in [-0.2, 0) is 6.54 Å². The van der Waals surface area contributed by atoms with Crippen LogP contribution in [0, 0.1) is 5.92 Å². The van der Waals surface area contributed by atoms with Crippen molar-refractivity contribution >= 4 is 5.78 Å². The number of rotatable bonds is 6. The Labute approximate surface area is 96.0 Å². The normalized spacial score (nSPS) is 14.8. The van der Waals surface area contributed by atoms with E-state index in [1.165, 1.54) is 6.20 Å². The fourth-order valence-electron chi connectivity index (χ4n) is 1.51. The molecule has 0 aromatic carbocycles. The predicted molar refractivity (Wildman–Crippen MR) is 62.1 cm³/mol. The minimum Gasteiger partial charge on any atom is -0.321 e. The van der Waals surface area contributed by atoms with E-state index < -0.39 is 6.04 Å². The standard InChI is InChI=1S/C11H20N4O/c1-4-6-15-9(7-13-14-15)11(16)10(12)8(3)5-2/h7-8,10H,4-6,12H2,1-3H3. The first-order chi connectivity index (χ1) is 7.61. The van der Waals surface area contributed by atoms with E-state index in [1.807, 2.05) is 20.8 Å². The minimum absolute atomic E-state index is 0.0622. The molecule has 0 spiro atoms. The molecule has 0 amide bonds. The number of carbonyl (C=O) groups is 1. The Kier molecular flexibility index (Phi) is 4.61. The van der Waals surface area contributed by atoms with Crippen molar-refractivity contribution in [2.24, 2.45) is 11.7 Å². The average Bonchev–Trinajstić information content (AvgIpc) is 2.74. The molecule has 16 heavy (non-hydrogen) atoms. The van der Waals surface area contributed by atoms with Gasteiger partial charge in [-0.05, 0) is 12.3 Å². The van der Waals surface area contributed by atoms with Crippen LogP contribution in [0.25, 0.3) is 0 Å². The van der Waals surface area contributed by atoms with Crippen molar-refractivity contribution < 1.29 is 4.79 Å². The zero-order valence-corrected chi connectivity index (χ0v) is 10.2. The van der Waals surface area contributed by atoms with Crippen LogP contribution in [0.5, 0.6) is 0 Å². The Bertz CT molecular complexity index is 348. The van der Waals surface area contributed by atoms with E-state index in [0.29, 0.717) is 12.2 Å². The van der Waals surface area contributed by atoms with Gasteiger partial charge in [0.15, 0.2) is 5.78 Å². The fourth-order valence-corrected chi connectivity index (χ4v) is 1.51. The van der Waals surface area contributed by atoms with Crippen molar-refractivity contribution in [1.29, 1.82) is 0 Å². The van der Waals surface area contributed by atoms with Crippen molar-refractivity contribution in [3.8, 4) is 0 Å². The molecule has 5 heteroatoms. The fraction of sp³-hybridized carbons (Fsp3) is 0.727. The summed E-state index contributed by atoms with van der Waals surface area (Å²) in [5.74, 6) is 0.116. The molecule has 90 valence electrons. The monoisotopic (exact) mass is 224 g/mol. The molecular weight excluding hydrogens is 204 g/mol. The first-order valence-electron chi connectivity index (χ1n) is 5.80. The van der Waals surface area contributed by atoms with Gasteiger partial charge in [0.1, 0.15) is 5.69 Å². The maximum Gasteiger partial charge on any atom is 0.199 e. The second-order valence-electron chi connectivity index (χ2n) is 4.12. The summed E-state index contributed by atoms with van der Waals surface area (Å²) < 4.78 is 1.63. The lowest BCUT2D eigenvalue weighted by atomic mass is 9.95. The van der Waals surface area contributed by atoms with Crippen molar-refractivity contribution in [2.75, 3.05) is 0 Å². The Morgan fingerprint density at radius 1 is 1.56 bits per heavy atom. The Balaban J connectivity index is 2.83. The molecule has 1 aromatic heterocycles. The summed E-state index contributed by atoms with van der Waals surface area (Å²) in [7, 11) is 0. The zero-order chi connectivity index (χ0) is 12.1. The third-order valence-corrected chi connectivity index (χ3v) is 2.87. The van der Waals surface area contributed by atoms with E-state index in [9.17, 15) is 4.79 Å². The number of nitrogens with zero attached hydrogens (tertiary/aromatic N) is 3. The number of Topliss-reactive ketones (excluding diaryl/α,β-unsaturated/α-hetero) is 1. The zero-order valence-electron chi connectivity index (χ0n) is 10.2. The predicted octanol–water partition coefficient (Wildman–Crippen LogP) is 1.24. The molecule has 0 aliphatic rings. The molecule has 0 radical (unpaired) electrons. The smallest absolute Gasteiger partial charge is 0.199 e. The quantitative estimate of drug-likeness (QED) is 0.738. The highest BCUT2D eigenvalue weighted by Gasteiger charge is 2.24. The highest BCUT2D eigenvalue weighted by Crippen LogP contribution is 2.11. The number of nitrogens with two attached hydrogens (primary N) is 1. The van der Waals surface area contributed by atoms with Crippen LogP contribution in [0.15, 0.2) is 6.20 Å². The molecule has 0 saturated carbocycles. The van der Waals surface area contributed by atoms with Crippen molar-refractivity contribution in [1.82, 2.24) is 15.0 Å². The van der Waals surface area contributed by atoms with Crippen LogP contribution in [0.2, 0.25) is 0 Å². The second kappa shape index (κ2) is 5.75. The van der Waals surface area contributed by atoms with Gasteiger partial charge in [0.05, 0.1) is 12.2 Å². The maximum atomic E-state index is 12.1. The summed E-state index contributed by atoms with van der Waals surface area (Å²) in [5, 5.41) is 7.65. The Hall–Kier alpha value is -1.23. The first-order valence-corrected chi connectivity index (χ1v) is 5.80. The molecule has 1 aromatic rings. The second-order valence-corrected chi connectivity index (χ2v) is 4.12. The Morgan fingerprint density at radius 2 is 2.25 bits per heavy atom. The van der Waals surface area contributed by atoms with Gasteiger partial charge in [0.25, 0.3) is 0 Å². The lowest BCUT2D eigenvalue weighted by Crippen LogP contribution is -2.37. The van der Waals surface area contributed by atoms with E-state index in [0.717, 1.165) is 12.8 Å². The molecular formula is C11H20N4O. The van der Waals surface area contributed by atoms with Gasteiger partial charge in [-0.2, -0.15) is 0 Å². The van der Waals surface area contributed by atoms with Crippen LogP contribution in [0.4, 0.5) is 0 Å². The van der Waals surface area contributed by atoms with Crippen LogP contribution in [-0.4, -0.2) is 26.8 Å². The molecule has 2 unspecified atom stereocenters. The summed E-state index contributed by atoms with van der Waals surface area (Å²) in [6.45, 7) is 6.74. The van der Waals surface area contributed by atoms with Gasteiger partial charge in [-0.15, -0.1) is 5.10 Å². The van der Waals surface area contributed by atoms with Gasteiger partial charge >= 0.3 is 0 Å². The van der Waals surface area contributed by atoms with E-state index in [1.54, 1.807) is 4.68 Å². The van der Waals surface area contributed by atoms with Crippen molar-refractivity contribution in [2.45, 2.75) is 46.2 Å². The molecule has 1 rings (SSSR count). The summed E-state index contributed by atoms with van der Waals surface area (Å²) in [6.07, 6.45) is 3.31. The van der Waals surface area contributed by atoms with Crippen LogP contribution in [0.3, 0.4) is 0 Å². The minimum atomic E-state index is -0.459. The largest absolute Gasteiger partial charge is 0.321 e. The SMILES string of the molecule is CCCn1nncc1C(=O)C(N)C(C)CC. The average molecular weight is 224 g/mol. The molecule has 2 N–H and O–H groups in total. The van der Waals surface area contributed by atoms with Gasteiger partial charge in [-0.25, -0.2) is 4.68 Å². The highest BCUT2D eigenvalue weighted by atomic mass is 16.1. The molecule has 0 aliphatic heterocycles. The molecule has 0 bridgehead atoms. The molecule has 5 nitrogen and oxygen atoms in total. The van der Waals surface area contributed by atoms with Crippen LogP contribution < -0.4 is 5.73 Å². The van der Waals surface area contributed by atoms with Gasteiger partial charge in [0, 0.05) is 6.54 Å². The van der Waals surface area contributed by atoms with Gasteiger partial charge in [0.2, 0.25) is 0 Å². The molecule has 2 atom stereocenters. The molecule has 1 heterocycles. The van der Waals surface area contributed by atoms with Gasteiger partial charge in [-0.3, -0.25) is 4.79 Å². The summed E-state index contributed by atoms with van der Waals surface area (Å²) in [5.41, 5.74) is 6.43. The first kappa shape index (κ1) is 12.8. The van der Waals surface area contributed by atoms with Crippen LogP contribution in [0.1, 0.15) is 44.1 Å². The topological polar surface area (TPSA) is 73.8 Å². The lowest BCUT2D eigenvalue weighted by molar-refractivity contribution is 0.0924. The number of carbonyl (C=O) groups excluding carboxylic acids is 1. The van der Waals surface area contributed by atoms with E-state index in [2.05, 4.69) is 10.3 Å². The van der Waals surface area contributed by atoms with E-state index >= 15 is 0 Å². The highest BCUT2D eigenvalue weighted by molar-refractivity contribution is 5.98. The molecule has 0 fully saturated rings. The van der Waals surface area contributed by atoms with Gasteiger partial charge in [-0.1, -0.05) is 32.4 Å². The summed E-state index contributed by atoms with van der Waals surface area (Å²) in [4.78, 5) is 12.1.